The molecule has 0 radical (unpaired) electrons. The van der Waals surface area contributed by atoms with E-state index in [1.54, 1.807) is 24.3 Å². The highest BCUT2D eigenvalue weighted by Crippen LogP contribution is 2.14. The van der Waals surface area contributed by atoms with Crippen LogP contribution >= 0.6 is 0 Å². The molecule has 1 saturated heterocycles. The van der Waals surface area contributed by atoms with Crippen molar-refractivity contribution in [3.63, 3.8) is 0 Å². The van der Waals surface area contributed by atoms with Gasteiger partial charge in [-0.1, -0.05) is 35.4 Å². The van der Waals surface area contributed by atoms with Crippen LogP contribution in [-0.2, 0) is 30.6 Å². The number of imide groups is 1. The SMILES string of the molecule is [N-]=[N+]=NC[C@H](C[C@H](O)C(=O)ON1C(=O)CCC1=O)NC(=O)OCc1ccccc1. The molecule has 2 atom stereocenters. The first-order valence-corrected chi connectivity index (χ1v) is 8.64. The van der Waals surface area contributed by atoms with Gasteiger partial charge in [0.25, 0.3) is 11.8 Å². The van der Waals surface area contributed by atoms with E-state index in [1.807, 2.05) is 6.07 Å². The Bertz CT molecular complexity index is 794. The van der Waals surface area contributed by atoms with Crippen molar-refractivity contribution in [3.8, 4) is 0 Å². The predicted molar refractivity (Wildman–Crippen MR) is 95.4 cm³/mol. The first kappa shape index (κ1) is 21.7. The highest BCUT2D eigenvalue weighted by Gasteiger charge is 2.35. The summed E-state index contributed by atoms with van der Waals surface area (Å²) in [4.78, 5) is 54.0. The average Bonchev–Trinajstić information content (AvgIpc) is 3.03. The normalized spacial score (nSPS) is 15.3. The first-order chi connectivity index (χ1) is 13.9. The van der Waals surface area contributed by atoms with E-state index >= 15 is 0 Å². The topological polar surface area (TPSA) is 171 Å². The van der Waals surface area contributed by atoms with Gasteiger partial charge in [0.1, 0.15) is 6.61 Å². The molecule has 1 aromatic rings. The Morgan fingerprint density at radius 1 is 1.24 bits per heavy atom. The fourth-order valence-electron chi connectivity index (χ4n) is 2.42. The minimum absolute atomic E-state index is 0.00924. The molecule has 0 aliphatic carbocycles. The number of hydroxylamine groups is 2. The summed E-state index contributed by atoms with van der Waals surface area (Å²) in [5.41, 5.74) is 9.22. The van der Waals surface area contributed by atoms with Crippen molar-refractivity contribution in [2.45, 2.75) is 38.0 Å². The Kier molecular flexibility index (Phi) is 7.95. The number of carbonyl (C=O) groups is 4. The minimum Gasteiger partial charge on any atom is -0.445 e. The largest absolute Gasteiger partial charge is 0.445 e. The zero-order valence-electron chi connectivity index (χ0n) is 15.3. The van der Waals surface area contributed by atoms with E-state index in [-0.39, 0.29) is 26.0 Å². The van der Waals surface area contributed by atoms with Gasteiger partial charge in [-0.15, -0.1) is 5.06 Å². The maximum absolute atomic E-state index is 11.9. The first-order valence-electron chi connectivity index (χ1n) is 8.64. The lowest BCUT2D eigenvalue weighted by Gasteiger charge is -2.20. The van der Waals surface area contributed by atoms with Crippen LogP contribution in [0.1, 0.15) is 24.8 Å². The molecule has 3 amide bonds. The molecule has 12 nitrogen and oxygen atoms in total. The Balaban J connectivity index is 1.88. The van der Waals surface area contributed by atoms with Crippen LogP contribution in [0, 0.1) is 0 Å². The van der Waals surface area contributed by atoms with Crippen molar-refractivity contribution >= 4 is 23.9 Å². The summed E-state index contributed by atoms with van der Waals surface area (Å²) in [6, 6.07) is 7.92. The second-order valence-electron chi connectivity index (χ2n) is 6.06. The van der Waals surface area contributed by atoms with Crippen molar-refractivity contribution < 1.29 is 33.9 Å². The molecule has 2 N–H and O–H groups in total. The van der Waals surface area contributed by atoms with Gasteiger partial charge < -0.3 is 20.0 Å². The van der Waals surface area contributed by atoms with Gasteiger partial charge in [-0.05, 0) is 11.1 Å². The van der Waals surface area contributed by atoms with Gasteiger partial charge >= 0.3 is 12.1 Å². The molecule has 0 saturated carbocycles. The van der Waals surface area contributed by atoms with Gasteiger partial charge in [-0.3, -0.25) is 9.59 Å². The zero-order chi connectivity index (χ0) is 21.2. The number of hydrogen-bond donors (Lipinski definition) is 2. The highest BCUT2D eigenvalue weighted by molar-refractivity contribution is 6.01. The molecule has 1 aliphatic rings. The van der Waals surface area contributed by atoms with Crippen molar-refractivity contribution in [2.75, 3.05) is 6.54 Å². The van der Waals surface area contributed by atoms with Crippen LogP contribution in [-0.4, -0.2) is 52.7 Å². The number of hydrogen-bond acceptors (Lipinski definition) is 8. The number of alkyl carbamates (subject to hydrolysis) is 1. The molecule has 1 aromatic carbocycles. The summed E-state index contributed by atoms with van der Waals surface area (Å²) in [5.74, 6) is -2.63. The molecule has 1 heterocycles. The summed E-state index contributed by atoms with van der Waals surface area (Å²) >= 11 is 0. The number of azide groups is 1. The number of aliphatic hydroxyl groups is 1. The van der Waals surface area contributed by atoms with Gasteiger partial charge in [0.05, 0.1) is 0 Å². The number of amides is 3. The summed E-state index contributed by atoms with van der Waals surface area (Å²) in [6.45, 7) is -0.284. The maximum atomic E-state index is 11.9. The summed E-state index contributed by atoms with van der Waals surface area (Å²) < 4.78 is 5.04. The lowest BCUT2D eigenvalue weighted by atomic mass is 10.1. The van der Waals surface area contributed by atoms with E-state index in [0.29, 0.717) is 5.06 Å². The van der Waals surface area contributed by atoms with Crippen molar-refractivity contribution in [1.29, 1.82) is 0 Å². The zero-order valence-corrected chi connectivity index (χ0v) is 15.3. The molecule has 0 bridgehead atoms. The minimum atomic E-state index is -1.79. The number of carbonyl (C=O) groups excluding carboxylic acids is 4. The Labute approximate surface area is 165 Å². The Hall–Kier alpha value is -3.63. The molecule has 0 spiro atoms. The molecule has 12 heteroatoms. The molecule has 0 aromatic heterocycles. The van der Waals surface area contributed by atoms with E-state index in [0.717, 1.165) is 5.56 Å². The molecular weight excluding hydrogens is 386 g/mol. The van der Waals surface area contributed by atoms with Crippen LogP contribution in [0.5, 0.6) is 0 Å². The number of rotatable bonds is 9. The van der Waals surface area contributed by atoms with Gasteiger partial charge in [0, 0.05) is 36.8 Å². The molecule has 29 heavy (non-hydrogen) atoms. The molecular formula is C17H19N5O7. The quantitative estimate of drug-likeness (QED) is 0.266. The molecule has 154 valence electrons. The van der Waals surface area contributed by atoms with E-state index < -0.39 is 42.4 Å². The van der Waals surface area contributed by atoms with E-state index in [2.05, 4.69) is 20.2 Å². The van der Waals surface area contributed by atoms with Gasteiger partial charge in [-0.25, -0.2) is 9.59 Å². The number of nitrogens with zero attached hydrogens (tertiary/aromatic N) is 4. The fourth-order valence-corrected chi connectivity index (χ4v) is 2.42. The molecule has 1 aliphatic heterocycles. The third kappa shape index (κ3) is 6.79. The summed E-state index contributed by atoms with van der Waals surface area (Å²) in [5, 5.41) is 16.0. The number of aliphatic hydroxyl groups excluding tert-OH is 1. The third-order valence-electron chi connectivity index (χ3n) is 3.87. The standard InChI is InChI=1S/C17H19N5O7/c18-21-19-9-12(20-17(27)28-10-11-4-2-1-3-5-11)8-13(23)16(26)29-22-14(24)6-7-15(22)25/h1-5,12-13,23H,6-10H2,(H,20,27)/t12-,13-/m0/s1. The monoisotopic (exact) mass is 405 g/mol. The van der Waals surface area contributed by atoms with Crippen LogP contribution in [0.25, 0.3) is 10.4 Å². The van der Waals surface area contributed by atoms with Gasteiger partial charge in [0.15, 0.2) is 6.10 Å². The summed E-state index contributed by atoms with van der Waals surface area (Å²) in [6.07, 6.45) is -3.20. The van der Waals surface area contributed by atoms with Crippen LogP contribution < -0.4 is 5.32 Å². The van der Waals surface area contributed by atoms with Crippen LogP contribution in [0.3, 0.4) is 0 Å². The second kappa shape index (κ2) is 10.6. The molecule has 1 fully saturated rings. The lowest BCUT2D eigenvalue weighted by Crippen LogP contribution is -2.43. The highest BCUT2D eigenvalue weighted by atomic mass is 16.7. The number of ether oxygens (including phenoxy) is 1. The maximum Gasteiger partial charge on any atom is 0.407 e. The summed E-state index contributed by atoms with van der Waals surface area (Å²) in [7, 11) is 0. The van der Waals surface area contributed by atoms with Crippen molar-refractivity contribution in [1.82, 2.24) is 10.4 Å². The van der Waals surface area contributed by atoms with E-state index in [9.17, 15) is 24.3 Å². The number of nitrogens with one attached hydrogen (secondary N) is 1. The average molecular weight is 405 g/mol. The lowest BCUT2D eigenvalue weighted by molar-refractivity contribution is -0.203. The third-order valence-corrected chi connectivity index (χ3v) is 3.87. The molecule has 0 unspecified atom stereocenters. The molecule has 2 rings (SSSR count). The van der Waals surface area contributed by atoms with E-state index in [1.165, 1.54) is 0 Å². The van der Waals surface area contributed by atoms with E-state index in [4.69, 9.17) is 10.3 Å². The van der Waals surface area contributed by atoms with Gasteiger partial charge in [0.2, 0.25) is 0 Å². The fraction of sp³-hybridized carbons (Fsp3) is 0.412. The van der Waals surface area contributed by atoms with Crippen LogP contribution in [0.4, 0.5) is 4.79 Å². The number of benzene rings is 1. The Morgan fingerprint density at radius 3 is 2.52 bits per heavy atom. The van der Waals surface area contributed by atoms with Crippen LogP contribution in [0.2, 0.25) is 0 Å². The predicted octanol–water partition coefficient (Wildman–Crippen LogP) is 0.950. The second-order valence-corrected chi connectivity index (χ2v) is 6.06. The van der Waals surface area contributed by atoms with Crippen LogP contribution in [0.15, 0.2) is 35.4 Å². The smallest absolute Gasteiger partial charge is 0.407 e. The Morgan fingerprint density at radius 2 is 1.90 bits per heavy atom. The van der Waals surface area contributed by atoms with Crippen molar-refractivity contribution in [3.05, 3.63) is 46.3 Å². The van der Waals surface area contributed by atoms with Crippen molar-refractivity contribution in [2.24, 2.45) is 5.11 Å². The van der Waals surface area contributed by atoms with Gasteiger partial charge in [-0.2, -0.15) is 0 Å².